The van der Waals surface area contributed by atoms with Crippen molar-refractivity contribution in [1.82, 2.24) is 0 Å². The summed E-state index contributed by atoms with van der Waals surface area (Å²) in [6.07, 6.45) is 5.95. The fourth-order valence-corrected chi connectivity index (χ4v) is 5.90. The molecule has 5 heteroatoms. The van der Waals surface area contributed by atoms with Crippen molar-refractivity contribution in [2.24, 2.45) is 17.3 Å². The van der Waals surface area contributed by atoms with Crippen LogP contribution in [0.1, 0.15) is 71.6 Å². The molecule has 2 unspecified atom stereocenters. The predicted octanol–water partition coefficient (Wildman–Crippen LogP) is 4.84. The molecule has 0 aromatic rings. The lowest BCUT2D eigenvalue weighted by Crippen LogP contribution is -2.57. The van der Waals surface area contributed by atoms with Gasteiger partial charge in [0.2, 0.25) is 0 Å². The van der Waals surface area contributed by atoms with Crippen LogP contribution in [0.2, 0.25) is 0 Å². The van der Waals surface area contributed by atoms with E-state index < -0.39 is 17.9 Å². The normalized spacial score (nSPS) is 36.3. The van der Waals surface area contributed by atoms with Gasteiger partial charge in [0.05, 0.1) is 6.42 Å². The molecule has 25 heavy (non-hydrogen) atoms. The van der Waals surface area contributed by atoms with Crippen molar-refractivity contribution in [2.75, 3.05) is 0 Å². The third-order valence-corrected chi connectivity index (χ3v) is 6.23. The highest BCUT2D eigenvalue weighted by molar-refractivity contribution is 5.87. The number of ether oxygens (including phenoxy) is 1. The van der Waals surface area contributed by atoms with Gasteiger partial charge < -0.3 is 4.74 Å². The zero-order chi connectivity index (χ0) is 18.5. The van der Waals surface area contributed by atoms with Crippen molar-refractivity contribution >= 4 is 11.8 Å². The molecule has 4 bridgehead atoms. The van der Waals surface area contributed by atoms with Crippen LogP contribution < -0.4 is 0 Å². The number of halogens is 2. The maximum absolute atomic E-state index is 13.1. The average molecular weight is 354 g/mol. The summed E-state index contributed by atoms with van der Waals surface area (Å²) in [6.45, 7) is 6.12. The quantitative estimate of drug-likeness (QED) is 0.485. The number of alkyl halides is 2. The second-order valence-electron chi connectivity index (χ2n) is 9.10. The predicted molar refractivity (Wildman–Crippen MR) is 90.2 cm³/mol. The first-order valence-corrected chi connectivity index (χ1v) is 9.28. The van der Waals surface area contributed by atoms with Gasteiger partial charge >= 0.3 is 5.97 Å². The van der Waals surface area contributed by atoms with Gasteiger partial charge in [-0.3, -0.25) is 4.79 Å². The van der Waals surface area contributed by atoms with E-state index in [1.165, 1.54) is 0 Å². The smallest absolute Gasteiger partial charge is 0.333 e. The van der Waals surface area contributed by atoms with Gasteiger partial charge in [-0.05, 0) is 76.0 Å². The van der Waals surface area contributed by atoms with E-state index in [-0.39, 0.29) is 23.6 Å². The Balaban J connectivity index is 1.69. The second-order valence-corrected chi connectivity index (χ2v) is 9.10. The first-order valence-electron chi connectivity index (χ1n) is 9.28. The SMILES string of the molecule is C=C(C)C(=O)OC12CC3CC(CC(CCC(=O)CC(C)(F)F)(C3)C1)C2. The number of carbonyl (C=O) groups is 2. The summed E-state index contributed by atoms with van der Waals surface area (Å²) in [5, 5.41) is 0. The monoisotopic (exact) mass is 354 g/mol. The van der Waals surface area contributed by atoms with E-state index in [4.69, 9.17) is 4.74 Å². The van der Waals surface area contributed by atoms with Gasteiger partial charge in [0.1, 0.15) is 11.4 Å². The highest BCUT2D eigenvalue weighted by atomic mass is 19.3. The molecule has 0 amide bonds. The Labute approximate surface area is 148 Å². The van der Waals surface area contributed by atoms with Crippen molar-refractivity contribution in [3.8, 4) is 0 Å². The summed E-state index contributed by atoms with van der Waals surface area (Å²) in [6, 6.07) is 0. The van der Waals surface area contributed by atoms with Crippen LogP contribution in [0.3, 0.4) is 0 Å². The molecule has 3 nitrogen and oxygen atoms in total. The minimum atomic E-state index is -2.93. The lowest BCUT2D eigenvalue weighted by molar-refractivity contribution is -0.199. The number of carbonyl (C=O) groups excluding carboxylic acids is 2. The van der Waals surface area contributed by atoms with E-state index in [1.54, 1.807) is 6.92 Å². The maximum atomic E-state index is 13.1. The summed E-state index contributed by atoms with van der Waals surface area (Å²) in [7, 11) is 0. The van der Waals surface area contributed by atoms with Gasteiger partial charge in [-0.15, -0.1) is 0 Å². The molecule has 0 N–H and O–H groups in total. The Morgan fingerprint density at radius 1 is 1.20 bits per heavy atom. The summed E-state index contributed by atoms with van der Waals surface area (Å²) >= 11 is 0. The van der Waals surface area contributed by atoms with E-state index >= 15 is 0 Å². The standard InChI is InChI=1S/C20H28F2O3/c1-13(2)17(24)25-20-9-14-6-15(10-20)8-19(7-14,12-20)5-4-16(23)11-18(3,21)22/h14-15H,1,4-12H2,2-3H3. The lowest BCUT2D eigenvalue weighted by Gasteiger charge is -2.61. The Kier molecular flexibility index (Phi) is 4.57. The topological polar surface area (TPSA) is 43.4 Å². The molecule has 4 fully saturated rings. The third-order valence-electron chi connectivity index (χ3n) is 6.23. The van der Waals surface area contributed by atoms with Crippen molar-refractivity contribution in [1.29, 1.82) is 0 Å². The van der Waals surface area contributed by atoms with E-state index in [0.717, 1.165) is 45.4 Å². The van der Waals surface area contributed by atoms with Crippen LogP contribution in [-0.2, 0) is 14.3 Å². The molecular weight excluding hydrogens is 326 g/mol. The van der Waals surface area contributed by atoms with Gasteiger partial charge in [0.15, 0.2) is 0 Å². The first kappa shape index (κ1) is 18.5. The van der Waals surface area contributed by atoms with E-state index in [1.807, 2.05) is 0 Å². The summed E-state index contributed by atoms with van der Waals surface area (Å²) in [5.41, 5.74) is -0.0548. The Hall–Kier alpha value is -1.26. The fraction of sp³-hybridized carbons (Fsp3) is 0.800. The zero-order valence-corrected chi connectivity index (χ0v) is 15.2. The molecule has 2 atom stereocenters. The fourth-order valence-electron chi connectivity index (χ4n) is 5.90. The minimum Gasteiger partial charge on any atom is -0.456 e. The number of esters is 1. The molecule has 0 spiro atoms. The Morgan fingerprint density at radius 2 is 1.80 bits per heavy atom. The van der Waals surface area contributed by atoms with Crippen LogP contribution in [0, 0.1) is 17.3 Å². The van der Waals surface area contributed by atoms with E-state index in [2.05, 4.69) is 6.58 Å². The summed E-state index contributed by atoms with van der Waals surface area (Å²) < 4.78 is 32.0. The van der Waals surface area contributed by atoms with Gasteiger partial charge in [-0.1, -0.05) is 6.58 Å². The van der Waals surface area contributed by atoms with Crippen molar-refractivity contribution in [3.05, 3.63) is 12.2 Å². The summed E-state index contributed by atoms with van der Waals surface area (Å²) in [4.78, 5) is 24.0. The van der Waals surface area contributed by atoms with Crippen LogP contribution in [0.15, 0.2) is 12.2 Å². The number of Topliss-reactive ketones (excluding diaryl/α,β-unsaturated/α-hetero) is 1. The number of rotatable bonds is 7. The molecule has 0 aromatic heterocycles. The molecule has 0 saturated heterocycles. The van der Waals surface area contributed by atoms with Crippen LogP contribution in [0.5, 0.6) is 0 Å². The number of hydrogen-bond donors (Lipinski definition) is 0. The Bertz CT molecular complexity index is 576. The minimum absolute atomic E-state index is 0.0296. The first-order chi connectivity index (χ1) is 11.5. The average Bonchev–Trinajstić information content (AvgIpc) is 2.41. The van der Waals surface area contributed by atoms with E-state index in [9.17, 15) is 18.4 Å². The summed E-state index contributed by atoms with van der Waals surface area (Å²) in [5.74, 6) is -2.60. The molecule has 0 radical (unpaired) electrons. The van der Waals surface area contributed by atoms with Crippen LogP contribution in [0.4, 0.5) is 8.78 Å². The van der Waals surface area contributed by atoms with Gasteiger partial charge in [0, 0.05) is 12.0 Å². The zero-order valence-electron chi connectivity index (χ0n) is 15.2. The molecule has 4 aliphatic rings. The van der Waals surface area contributed by atoms with Gasteiger partial charge in [0.25, 0.3) is 5.92 Å². The molecule has 140 valence electrons. The van der Waals surface area contributed by atoms with Crippen LogP contribution in [0.25, 0.3) is 0 Å². The molecule has 4 aliphatic carbocycles. The van der Waals surface area contributed by atoms with Crippen LogP contribution >= 0.6 is 0 Å². The highest BCUT2D eigenvalue weighted by Gasteiger charge is 2.59. The molecule has 4 saturated carbocycles. The van der Waals surface area contributed by atoms with Gasteiger partial charge in [-0.2, -0.15) is 0 Å². The Morgan fingerprint density at radius 3 is 2.32 bits per heavy atom. The largest absolute Gasteiger partial charge is 0.456 e. The highest BCUT2D eigenvalue weighted by Crippen LogP contribution is 2.64. The van der Waals surface area contributed by atoms with Crippen LogP contribution in [-0.4, -0.2) is 23.3 Å². The maximum Gasteiger partial charge on any atom is 0.333 e. The van der Waals surface area contributed by atoms with Crippen molar-refractivity contribution < 1.29 is 23.1 Å². The molecule has 0 aliphatic heterocycles. The molecule has 0 aromatic carbocycles. The van der Waals surface area contributed by atoms with E-state index in [0.29, 0.717) is 23.8 Å². The second kappa shape index (κ2) is 6.17. The van der Waals surface area contributed by atoms with Crippen molar-refractivity contribution in [2.45, 2.75) is 83.2 Å². The molecule has 4 rings (SSSR count). The third kappa shape index (κ3) is 4.12. The molecular formula is C20H28F2O3. The van der Waals surface area contributed by atoms with Crippen molar-refractivity contribution in [3.63, 3.8) is 0 Å². The lowest BCUT2D eigenvalue weighted by atomic mass is 9.47. The number of ketones is 1. The molecule has 0 heterocycles. The van der Waals surface area contributed by atoms with Gasteiger partial charge in [-0.25, -0.2) is 13.6 Å². The number of hydrogen-bond acceptors (Lipinski definition) is 3.